The molecular weight excluding hydrogens is 300 g/mol. The summed E-state index contributed by atoms with van der Waals surface area (Å²) in [5.41, 5.74) is 0.241. The Hall–Kier alpha value is -2.93. The predicted molar refractivity (Wildman–Crippen MR) is 84.9 cm³/mol. The zero-order valence-electron chi connectivity index (χ0n) is 12.5. The summed E-state index contributed by atoms with van der Waals surface area (Å²) in [6.45, 7) is 0.833. The van der Waals surface area contributed by atoms with Gasteiger partial charge in [-0.25, -0.2) is 4.79 Å². The number of methoxy groups -OCH3 is 1. The highest BCUT2D eigenvalue weighted by molar-refractivity contribution is 5.92. The molecule has 1 N–H and O–H groups in total. The van der Waals surface area contributed by atoms with Gasteiger partial charge in [0.05, 0.1) is 17.1 Å². The topological polar surface area (TPSA) is 90.7 Å². The fourth-order valence-corrected chi connectivity index (χ4v) is 1.90. The van der Waals surface area contributed by atoms with Crippen LogP contribution in [0.3, 0.4) is 0 Å². The standard InChI is InChI=1S/C16H16N2O5/c1-22-10-9-17-14-8-7-12(11-15(14)18(20)21)16(19)23-13-5-3-2-4-6-13/h2-8,11,17H,9-10H2,1H3. The third-order valence-corrected chi connectivity index (χ3v) is 3.01. The molecule has 0 spiro atoms. The Kier molecular flexibility index (Phi) is 5.65. The molecule has 0 aromatic heterocycles. The van der Waals surface area contributed by atoms with E-state index in [9.17, 15) is 14.9 Å². The molecule has 0 aliphatic rings. The number of benzene rings is 2. The van der Waals surface area contributed by atoms with Crippen LogP contribution >= 0.6 is 0 Å². The number of carbonyl (C=O) groups is 1. The van der Waals surface area contributed by atoms with Crippen molar-refractivity contribution in [1.29, 1.82) is 0 Å². The number of hydrogen-bond acceptors (Lipinski definition) is 6. The second-order valence-corrected chi connectivity index (χ2v) is 4.61. The summed E-state index contributed by atoms with van der Waals surface area (Å²) in [5, 5.41) is 14.1. The number of nitro benzene ring substituents is 1. The highest BCUT2D eigenvalue weighted by atomic mass is 16.6. The minimum Gasteiger partial charge on any atom is -0.423 e. The minimum absolute atomic E-state index is 0.109. The molecule has 23 heavy (non-hydrogen) atoms. The Morgan fingerprint density at radius 2 is 1.96 bits per heavy atom. The van der Waals surface area contributed by atoms with Crippen LogP contribution in [-0.2, 0) is 4.74 Å². The van der Waals surface area contributed by atoms with E-state index in [0.29, 0.717) is 24.6 Å². The third kappa shape index (κ3) is 4.52. The number of hydrogen-bond donors (Lipinski definition) is 1. The number of nitrogens with zero attached hydrogens (tertiary/aromatic N) is 1. The normalized spacial score (nSPS) is 10.1. The van der Waals surface area contributed by atoms with Crippen molar-refractivity contribution >= 4 is 17.3 Å². The molecule has 2 rings (SSSR count). The molecule has 2 aromatic rings. The van der Waals surface area contributed by atoms with Gasteiger partial charge in [-0.3, -0.25) is 10.1 Å². The molecule has 0 aliphatic carbocycles. The quantitative estimate of drug-likeness (QED) is 0.278. The summed E-state index contributed by atoms with van der Waals surface area (Å²) in [7, 11) is 1.54. The van der Waals surface area contributed by atoms with Crippen molar-refractivity contribution in [2.75, 3.05) is 25.6 Å². The van der Waals surface area contributed by atoms with Gasteiger partial charge in [0.1, 0.15) is 11.4 Å². The molecule has 0 aliphatic heterocycles. The van der Waals surface area contributed by atoms with Gasteiger partial charge in [0.25, 0.3) is 5.69 Å². The maximum absolute atomic E-state index is 12.1. The Morgan fingerprint density at radius 1 is 1.22 bits per heavy atom. The Bertz CT molecular complexity index is 688. The van der Waals surface area contributed by atoms with Gasteiger partial charge in [0, 0.05) is 19.7 Å². The van der Waals surface area contributed by atoms with Crippen molar-refractivity contribution in [2.45, 2.75) is 0 Å². The minimum atomic E-state index is -0.650. The predicted octanol–water partition coefficient (Wildman–Crippen LogP) is 2.87. The van der Waals surface area contributed by atoms with Gasteiger partial charge in [-0.2, -0.15) is 0 Å². The molecule has 2 aromatic carbocycles. The fourth-order valence-electron chi connectivity index (χ4n) is 1.90. The van der Waals surface area contributed by atoms with Crippen molar-refractivity contribution < 1.29 is 19.2 Å². The van der Waals surface area contributed by atoms with E-state index in [1.807, 2.05) is 0 Å². The molecule has 0 radical (unpaired) electrons. The molecule has 7 heteroatoms. The van der Waals surface area contributed by atoms with Gasteiger partial charge in [-0.15, -0.1) is 0 Å². The van der Waals surface area contributed by atoms with Crippen LogP contribution in [0.1, 0.15) is 10.4 Å². The molecule has 0 heterocycles. The molecule has 7 nitrogen and oxygen atoms in total. The zero-order valence-corrected chi connectivity index (χ0v) is 12.5. The summed E-state index contributed by atoms with van der Waals surface area (Å²) < 4.78 is 10.1. The van der Waals surface area contributed by atoms with Gasteiger partial charge < -0.3 is 14.8 Å². The lowest BCUT2D eigenvalue weighted by atomic mass is 10.1. The van der Waals surface area contributed by atoms with Gasteiger partial charge in [0.15, 0.2) is 0 Å². The molecule has 120 valence electrons. The number of carbonyl (C=O) groups excluding carboxylic acids is 1. The van der Waals surface area contributed by atoms with Crippen LogP contribution in [0.4, 0.5) is 11.4 Å². The number of nitrogens with one attached hydrogen (secondary N) is 1. The van der Waals surface area contributed by atoms with Crippen molar-refractivity contribution in [3.63, 3.8) is 0 Å². The van der Waals surface area contributed by atoms with E-state index in [4.69, 9.17) is 9.47 Å². The van der Waals surface area contributed by atoms with E-state index in [-0.39, 0.29) is 11.3 Å². The number of para-hydroxylation sites is 1. The molecule has 0 atom stereocenters. The lowest BCUT2D eigenvalue weighted by Gasteiger charge is -2.08. The second kappa shape index (κ2) is 7.90. The van der Waals surface area contributed by atoms with Gasteiger partial charge >= 0.3 is 5.97 Å². The van der Waals surface area contributed by atoms with Crippen LogP contribution in [-0.4, -0.2) is 31.2 Å². The van der Waals surface area contributed by atoms with E-state index in [0.717, 1.165) is 0 Å². The summed E-state index contributed by atoms with van der Waals surface area (Å²) in [5.74, 6) is -0.273. The van der Waals surface area contributed by atoms with Crippen LogP contribution in [0.15, 0.2) is 48.5 Å². The Morgan fingerprint density at radius 3 is 2.61 bits per heavy atom. The highest BCUT2D eigenvalue weighted by Gasteiger charge is 2.18. The lowest BCUT2D eigenvalue weighted by molar-refractivity contribution is -0.384. The average Bonchev–Trinajstić information content (AvgIpc) is 2.56. The number of rotatable bonds is 7. The van der Waals surface area contributed by atoms with Gasteiger partial charge in [-0.05, 0) is 24.3 Å². The Balaban J connectivity index is 2.18. The third-order valence-electron chi connectivity index (χ3n) is 3.01. The van der Waals surface area contributed by atoms with Crippen molar-refractivity contribution in [2.24, 2.45) is 0 Å². The Labute approximate surface area is 133 Å². The first-order valence-corrected chi connectivity index (χ1v) is 6.90. The van der Waals surface area contributed by atoms with Crippen LogP contribution in [0.5, 0.6) is 5.75 Å². The first-order chi connectivity index (χ1) is 11.1. The molecule has 0 amide bonds. The van der Waals surface area contributed by atoms with Crippen LogP contribution < -0.4 is 10.1 Å². The molecule has 0 fully saturated rings. The molecular formula is C16H16N2O5. The van der Waals surface area contributed by atoms with Crippen molar-refractivity contribution in [1.82, 2.24) is 0 Å². The van der Waals surface area contributed by atoms with Crippen molar-refractivity contribution in [3.8, 4) is 5.75 Å². The summed E-state index contributed by atoms with van der Waals surface area (Å²) in [4.78, 5) is 22.7. The maximum atomic E-state index is 12.1. The van der Waals surface area contributed by atoms with Crippen LogP contribution in [0.2, 0.25) is 0 Å². The van der Waals surface area contributed by atoms with E-state index in [1.54, 1.807) is 37.4 Å². The van der Waals surface area contributed by atoms with E-state index in [1.165, 1.54) is 18.2 Å². The monoisotopic (exact) mass is 316 g/mol. The second-order valence-electron chi connectivity index (χ2n) is 4.61. The first kappa shape index (κ1) is 16.4. The van der Waals surface area contributed by atoms with E-state index >= 15 is 0 Å². The van der Waals surface area contributed by atoms with E-state index < -0.39 is 10.9 Å². The van der Waals surface area contributed by atoms with Gasteiger partial charge in [0.2, 0.25) is 0 Å². The molecule has 0 saturated carbocycles. The fraction of sp³-hybridized carbons (Fsp3) is 0.188. The lowest BCUT2D eigenvalue weighted by Crippen LogP contribution is -2.12. The summed E-state index contributed by atoms with van der Waals surface area (Å²) in [6, 6.07) is 12.7. The van der Waals surface area contributed by atoms with E-state index in [2.05, 4.69) is 5.32 Å². The van der Waals surface area contributed by atoms with Crippen molar-refractivity contribution in [3.05, 3.63) is 64.2 Å². The largest absolute Gasteiger partial charge is 0.423 e. The maximum Gasteiger partial charge on any atom is 0.343 e. The first-order valence-electron chi connectivity index (χ1n) is 6.90. The molecule has 0 bridgehead atoms. The molecule has 0 saturated heterocycles. The van der Waals surface area contributed by atoms with Crippen LogP contribution in [0, 0.1) is 10.1 Å². The zero-order chi connectivity index (χ0) is 16.7. The highest BCUT2D eigenvalue weighted by Crippen LogP contribution is 2.26. The average molecular weight is 316 g/mol. The number of anilines is 1. The number of esters is 1. The smallest absolute Gasteiger partial charge is 0.343 e. The van der Waals surface area contributed by atoms with Crippen LogP contribution in [0.25, 0.3) is 0 Å². The number of ether oxygens (including phenoxy) is 2. The number of nitro groups is 1. The summed E-state index contributed by atoms with van der Waals surface area (Å²) >= 11 is 0. The molecule has 0 unspecified atom stereocenters. The SMILES string of the molecule is COCCNc1ccc(C(=O)Oc2ccccc2)cc1[N+](=O)[O-]. The summed E-state index contributed by atoms with van der Waals surface area (Å²) in [6.07, 6.45) is 0. The van der Waals surface area contributed by atoms with Gasteiger partial charge in [-0.1, -0.05) is 18.2 Å².